The normalized spacial score (nSPS) is 27.2. The monoisotopic (exact) mass is 154 g/mol. The van der Waals surface area contributed by atoms with Gasteiger partial charge in [0.1, 0.15) is 0 Å². The summed E-state index contributed by atoms with van der Waals surface area (Å²) >= 11 is 0.833. The van der Waals surface area contributed by atoms with Crippen molar-refractivity contribution in [3.63, 3.8) is 0 Å². The zero-order chi connectivity index (χ0) is 6.91. The topological polar surface area (TPSA) is 14.1 Å². The summed E-state index contributed by atoms with van der Waals surface area (Å²) in [5.74, 6) is 0. The molecule has 0 fully saturated rings. The van der Waals surface area contributed by atoms with Gasteiger partial charge < -0.3 is 0 Å². The van der Waals surface area contributed by atoms with Gasteiger partial charge in [-0.1, -0.05) is 0 Å². The number of nitrogens with zero attached hydrogens (tertiary/aromatic N) is 1. The molecule has 9 heavy (non-hydrogen) atoms. The van der Waals surface area contributed by atoms with Crippen molar-refractivity contribution in [2.45, 2.75) is 12.2 Å². The zero-order valence-electron chi connectivity index (χ0n) is 4.22. The van der Waals surface area contributed by atoms with Crippen LogP contribution in [0, 0.1) is 0 Å². The maximum Gasteiger partial charge on any atom is 0.409 e. The van der Waals surface area contributed by atoms with Crippen molar-refractivity contribution in [2.24, 2.45) is 0 Å². The molecule has 1 aliphatic rings. The second-order valence-corrected chi connectivity index (χ2v) is 2.22. The molecule has 0 bridgehead atoms. The van der Waals surface area contributed by atoms with Gasteiger partial charge in [0, 0.05) is 0 Å². The molecule has 0 amide bonds. The summed E-state index contributed by atoms with van der Waals surface area (Å²) in [6.07, 6.45) is -3.16. The molecule has 0 N–H and O–H groups in total. The van der Waals surface area contributed by atoms with Crippen LogP contribution < -0.4 is 4.72 Å². The van der Waals surface area contributed by atoms with Crippen LogP contribution in [0.25, 0.3) is 0 Å². The fraction of sp³-hybridized carbons (Fsp3) is 0.500. The Morgan fingerprint density at radius 3 is 2.33 bits per heavy atom. The molecule has 0 saturated heterocycles. The fourth-order valence-electron chi connectivity index (χ4n) is 0.414. The van der Waals surface area contributed by atoms with Crippen LogP contribution in [-0.4, -0.2) is 12.2 Å². The molecule has 51 valence electrons. The maximum absolute atomic E-state index is 11.6. The average molecular weight is 154 g/mol. The third kappa shape index (κ3) is 1.62. The van der Waals surface area contributed by atoms with E-state index in [1.807, 2.05) is 0 Å². The molecule has 1 aliphatic heterocycles. The lowest BCUT2D eigenvalue weighted by atomic mass is 10.3. The van der Waals surface area contributed by atoms with Crippen LogP contribution in [0.3, 0.4) is 0 Å². The van der Waals surface area contributed by atoms with Crippen LogP contribution in [0.15, 0.2) is 11.5 Å². The third-order valence-corrected chi connectivity index (χ3v) is 1.46. The summed E-state index contributed by atoms with van der Waals surface area (Å²) in [4.78, 5) is 0. The van der Waals surface area contributed by atoms with Gasteiger partial charge in [-0.2, -0.15) is 17.9 Å². The van der Waals surface area contributed by atoms with Crippen molar-refractivity contribution < 1.29 is 13.2 Å². The highest BCUT2D eigenvalue weighted by Gasteiger charge is 2.40. The van der Waals surface area contributed by atoms with E-state index in [2.05, 4.69) is 4.72 Å². The highest BCUT2D eigenvalue weighted by molar-refractivity contribution is 8.00. The number of alkyl halides is 3. The second-order valence-electron chi connectivity index (χ2n) is 1.53. The number of hydrogen-bond donors (Lipinski definition) is 0. The smallest absolute Gasteiger partial charge is 0.169 e. The summed E-state index contributed by atoms with van der Waals surface area (Å²) in [5.41, 5.74) is 0. The molecule has 0 aromatic heterocycles. The van der Waals surface area contributed by atoms with Crippen LogP contribution in [0.5, 0.6) is 0 Å². The van der Waals surface area contributed by atoms with Gasteiger partial charge in [-0.3, -0.25) is 0 Å². The van der Waals surface area contributed by atoms with E-state index in [4.69, 9.17) is 0 Å². The molecular formula is C4H3F3NS. The Morgan fingerprint density at radius 1 is 1.44 bits per heavy atom. The second kappa shape index (κ2) is 2.22. The van der Waals surface area contributed by atoms with E-state index in [0.29, 0.717) is 0 Å². The van der Waals surface area contributed by atoms with Gasteiger partial charge in [0.15, 0.2) is 6.04 Å². The third-order valence-electron chi connectivity index (χ3n) is 0.832. The lowest BCUT2D eigenvalue weighted by Crippen LogP contribution is -2.30. The Hall–Kier alpha value is -0.160. The Morgan fingerprint density at radius 2 is 2.11 bits per heavy atom. The molecule has 0 aromatic rings. The zero-order valence-corrected chi connectivity index (χ0v) is 5.04. The number of halogens is 3. The fourth-order valence-corrected chi connectivity index (χ4v) is 1.02. The van der Waals surface area contributed by atoms with Crippen molar-refractivity contribution >= 4 is 11.9 Å². The molecule has 0 aliphatic carbocycles. The Bertz CT molecular complexity index is 130. The first-order valence-electron chi connectivity index (χ1n) is 2.20. The van der Waals surface area contributed by atoms with Crippen molar-refractivity contribution in [3.05, 3.63) is 11.5 Å². The number of rotatable bonds is 0. The Kier molecular flexibility index (Phi) is 1.72. The van der Waals surface area contributed by atoms with Crippen molar-refractivity contribution in [1.82, 2.24) is 4.72 Å². The van der Waals surface area contributed by atoms with Crippen molar-refractivity contribution in [1.29, 1.82) is 0 Å². The van der Waals surface area contributed by atoms with Crippen LogP contribution in [-0.2, 0) is 0 Å². The minimum absolute atomic E-state index is 0.833. The molecule has 1 rings (SSSR count). The molecule has 0 aromatic carbocycles. The van der Waals surface area contributed by atoms with Gasteiger partial charge in [-0.05, 0) is 23.4 Å². The predicted molar refractivity (Wildman–Crippen MR) is 28.7 cm³/mol. The molecule has 1 radical (unpaired) electrons. The summed E-state index contributed by atoms with van der Waals surface area (Å²) in [5, 5.41) is 1.33. The van der Waals surface area contributed by atoms with Crippen LogP contribution in [0.1, 0.15) is 0 Å². The highest BCUT2D eigenvalue weighted by Crippen LogP contribution is 2.27. The van der Waals surface area contributed by atoms with Gasteiger partial charge in [-0.25, -0.2) is 0 Å². The largest absolute Gasteiger partial charge is 0.409 e. The van der Waals surface area contributed by atoms with E-state index in [-0.39, 0.29) is 0 Å². The SMILES string of the molecule is FC(F)(F)C1C=CS[N]1. The van der Waals surface area contributed by atoms with E-state index < -0.39 is 12.2 Å². The molecule has 1 nitrogen and oxygen atoms in total. The van der Waals surface area contributed by atoms with Crippen LogP contribution in [0.4, 0.5) is 13.2 Å². The quantitative estimate of drug-likeness (QED) is 0.484. The molecule has 5 heteroatoms. The standard InChI is InChI=1S/C4H3F3NS/c5-4(6,7)3-1-2-9-8-3/h1-3H. The van der Waals surface area contributed by atoms with Gasteiger partial charge >= 0.3 is 6.18 Å². The maximum atomic E-state index is 11.6. The van der Waals surface area contributed by atoms with Gasteiger partial charge in [0.05, 0.1) is 0 Å². The van der Waals surface area contributed by atoms with Gasteiger partial charge in [-0.15, -0.1) is 0 Å². The van der Waals surface area contributed by atoms with E-state index in [9.17, 15) is 13.2 Å². The lowest BCUT2D eigenvalue weighted by molar-refractivity contribution is -0.139. The predicted octanol–water partition coefficient (Wildman–Crippen LogP) is 1.70. The summed E-state index contributed by atoms with van der Waals surface area (Å²) in [6, 6.07) is -1.58. The first-order valence-corrected chi connectivity index (χ1v) is 3.04. The average Bonchev–Trinajstić information content (AvgIpc) is 2.08. The Balaban J connectivity index is 2.53. The highest BCUT2D eigenvalue weighted by atomic mass is 32.2. The number of hydrogen-bond acceptors (Lipinski definition) is 1. The molecule has 0 saturated carbocycles. The minimum Gasteiger partial charge on any atom is -0.169 e. The molecule has 1 unspecified atom stereocenters. The van der Waals surface area contributed by atoms with E-state index in [1.54, 1.807) is 0 Å². The molecule has 1 atom stereocenters. The summed E-state index contributed by atoms with van der Waals surface area (Å²) in [6.45, 7) is 0. The first-order chi connectivity index (χ1) is 4.11. The van der Waals surface area contributed by atoms with E-state index in [0.717, 1.165) is 18.0 Å². The first kappa shape index (κ1) is 6.95. The Labute approximate surface area is 54.4 Å². The van der Waals surface area contributed by atoms with Gasteiger partial charge in [0.25, 0.3) is 0 Å². The van der Waals surface area contributed by atoms with E-state index in [1.165, 1.54) is 5.41 Å². The van der Waals surface area contributed by atoms with Crippen LogP contribution >= 0.6 is 11.9 Å². The minimum atomic E-state index is -4.19. The van der Waals surface area contributed by atoms with Gasteiger partial charge in [0.2, 0.25) is 0 Å². The van der Waals surface area contributed by atoms with E-state index >= 15 is 0 Å². The summed E-state index contributed by atoms with van der Waals surface area (Å²) < 4.78 is 38.0. The van der Waals surface area contributed by atoms with Crippen molar-refractivity contribution in [3.8, 4) is 0 Å². The molecule has 1 heterocycles. The van der Waals surface area contributed by atoms with Crippen LogP contribution in [0.2, 0.25) is 0 Å². The molecular weight excluding hydrogens is 151 g/mol. The van der Waals surface area contributed by atoms with Crippen molar-refractivity contribution in [2.75, 3.05) is 0 Å². The summed E-state index contributed by atoms with van der Waals surface area (Å²) in [7, 11) is 0. The lowest BCUT2D eigenvalue weighted by Gasteiger charge is -2.09. The molecule has 0 spiro atoms.